The lowest BCUT2D eigenvalue weighted by molar-refractivity contribution is -0.124. The van der Waals surface area contributed by atoms with Crippen LogP contribution >= 0.6 is 0 Å². The van der Waals surface area contributed by atoms with Gasteiger partial charge in [0.2, 0.25) is 6.79 Å². The SMILES string of the molecule is CN(Cc1ccc2c(c1)OCO2)C(=O)/C(=C\c1ccco1)n1nnnc1-c1ccccc1. The van der Waals surface area contributed by atoms with Crippen LogP contribution in [-0.2, 0) is 11.3 Å². The number of benzene rings is 2. The summed E-state index contributed by atoms with van der Waals surface area (Å²) in [6, 6.07) is 18.6. The van der Waals surface area contributed by atoms with Gasteiger partial charge in [-0.3, -0.25) is 4.79 Å². The van der Waals surface area contributed by atoms with Gasteiger partial charge >= 0.3 is 0 Å². The van der Waals surface area contributed by atoms with Gasteiger partial charge in [-0.05, 0) is 40.3 Å². The summed E-state index contributed by atoms with van der Waals surface area (Å²) >= 11 is 0. The minimum atomic E-state index is -0.274. The molecule has 0 bridgehead atoms. The topological polar surface area (TPSA) is 95.5 Å². The molecule has 9 heteroatoms. The molecule has 0 N–H and O–H groups in total. The minimum absolute atomic E-state index is 0.200. The molecule has 0 saturated carbocycles. The molecule has 0 aliphatic carbocycles. The molecule has 32 heavy (non-hydrogen) atoms. The highest BCUT2D eigenvalue weighted by Crippen LogP contribution is 2.33. The lowest BCUT2D eigenvalue weighted by atomic mass is 10.1. The molecule has 160 valence electrons. The van der Waals surface area contributed by atoms with Gasteiger partial charge in [-0.2, -0.15) is 4.68 Å². The Morgan fingerprint density at radius 1 is 1.09 bits per heavy atom. The van der Waals surface area contributed by atoms with E-state index >= 15 is 0 Å². The molecular weight excluding hydrogens is 410 g/mol. The van der Waals surface area contributed by atoms with Crippen molar-refractivity contribution >= 4 is 17.7 Å². The van der Waals surface area contributed by atoms with Crippen LogP contribution in [0, 0.1) is 0 Å². The maximum atomic E-state index is 13.5. The van der Waals surface area contributed by atoms with E-state index in [-0.39, 0.29) is 18.4 Å². The van der Waals surface area contributed by atoms with Crippen LogP contribution in [0.15, 0.2) is 71.3 Å². The monoisotopic (exact) mass is 429 g/mol. The number of amides is 1. The summed E-state index contributed by atoms with van der Waals surface area (Å²) < 4.78 is 17.7. The van der Waals surface area contributed by atoms with Crippen molar-refractivity contribution in [1.29, 1.82) is 0 Å². The Bertz CT molecular complexity index is 1260. The number of ether oxygens (including phenoxy) is 2. The number of carbonyl (C=O) groups is 1. The van der Waals surface area contributed by atoms with Crippen LogP contribution in [0.5, 0.6) is 11.5 Å². The zero-order chi connectivity index (χ0) is 21.9. The minimum Gasteiger partial charge on any atom is -0.465 e. The number of tetrazole rings is 1. The Labute approximate surface area is 183 Å². The standard InChI is InChI=1S/C23H19N5O4/c1-27(14-16-9-10-20-21(12-16)32-15-31-20)23(29)19(13-18-8-5-11-30-18)28-22(24-25-26-28)17-6-3-2-4-7-17/h2-13H,14-15H2,1H3/b19-13+. The average molecular weight is 429 g/mol. The van der Waals surface area contributed by atoms with Crippen molar-refractivity contribution in [3.8, 4) is 22.9 Å². The van der Waals surface area contributed by atoms with Crippen molar-refractivity contribution in [2.24, 2.45) is 0 Å². The lowest BCUT2D eigenvalue weighted by Crippen LogP contribution is -2.29. The second kappa shape index (κ2) is 8.38. The normalized spacial score (nSPS) is 12.7. The summed E-state index contributed by atoms with van der Waals surface area (Å²) in [6.45, 7) is 0.554. The number of hydrogen-bond donors (Lipinski definition) is 0. The number of rotatable bonds is 6. The van der Waals surface area contributed by atoms with Gasteiger partial charge in [-0.15, -0.1) is 5.10 Å². The molecule has 0 radical (unpaired) electrons. The molecule has 1 amide bonds. The zero-order valence-electron chi connectivity index (χ0n) is 17.2. The largest absolute Gasteiger partial charge is 0.465 e. The third kappa shape index (κ3) is 3.83. The van der Waals surface area contributed by atoms with E-state index < -0.39 is 0 Å². The first kappa shape index (κ1) is 19.6. The summed E-state index contributed by atoms with van der Waals surface area (Å²) in [7, 11) is 1.72. The Balaban J connectivity index is 1.48. The molecule has 9 nitrogen and oxygen atoms in total. The number of nitrogens with zero attached hydrogens (tertiary/aromatic N) is 5. The summed E-state index contributed by atoms with van der Waals surface area (Å²) in [6.07, 6.45) is 3.17. The van der Waals surface area contributed by atoms with Gasteiger partial charge in [0.15, 0.2) is 17.3 Å². The second-order valence-corrected chi connectivity index (χ2v) is 7.17. The molecule has 3 heterocycles. The summed E-state index contributed by atoms with van der Waals surface area (Å²) in [4.78, 5) is 15.1. The van der Waals surface area contributed by atoms with Crippen molar-refractivity contribution < 1.29 is 18.7 Å². The summed E-state index contributed by atoms with van der Waals surface area (Å²) in [5, 5.41) is 12.0. The van der Waals surface area contributed by atoms with Crippen LogP contribution in [0.2, 0.25) is 0 Å². The maximum Gasteiger partial charge on any atom is 0.272 e. The van der Waals surface area contributed by atoms with Gasteiger partial charge in [0, 0.05) is 25.2 Å². The van der Waals surface area contributed by atoms with Gasteiger partial charge in [0.25, 0.3) is 5.91 Å². The van der Waals surface area contributed by atoms with Crippen LogP contribution in [0.4, 0.5) is 0 Å². The summed E-state index contributed by atoms with van der Waals surface area (Å²) in [5.74, 6) is 2.06. The fourth-order valence-corrected chi connectivity index (χ4v) is 3.42. The highest BCUT2D eigenvalue weighted by atomic mass is 16.7. The van der Waals surface area contributed by atoms with Crippen molar-refractivity contribution in [2.75, 3.05) is 13.8 Å². The first-order valence-electron chi connectivity index (χ1n) is 9.92. The quantitative estimate of drug-likeness (QED) is 0.434. The van der Waals surface area contributed by atoms with Crippen LogP contribution in [0.1, 0.15) is 11.3 Å². The Morgan fingerprint density at radius 3 is 2.75 bits per heavy atom. The van der Waals surface area contributed by atoms with Gasteiger partial charge in [-0.25, -0.2) is 0 Å². The fraction of sp³-hybridized carbons (Fsp3) is 0.130. The molecule has 0 spiro atoms. The van der Waals surface area contributed by atoms with Crippen LogP contribution in [-0.4, -0.2) is 44.9 Å². The zero-order valence-corrected chi connectivity index (χ0v) is 17.2. The number of fused-ring (bicyclic) bond motifs is 1. The van der Waals surface area contributed by atoms with E-state index in [1.165, 1.54) is 4.68 Å². The highest BCUT2D eigenvalue weighted by molar-refractivity contribution is 6.18. The molecule has 0 atom stereocenters. The molecule has 2 aromatic heterocycles. The predicted molar refractivity (Wildman–Crippen MR) is 115 cm³/mol. The lowest BCUT2D eigenvalue weighted by Gasteiger charge is -2.19. The van der Waals surface area contributed by atoms with E-state index in [1.807, 2.05) is 48.5 Å². The molecule has 4 aromatic rings. The molecule has 1 aliphatic rings. The maximum absolute atomic E-state index is 13.5. The summed E-state index contributed by atoms with van der Waals surface area (Å²) in [5.41, 5.74) is 1.95. The Kier molecular flexibility index (Phi) is 5.12. The van der Waals surface area contributed by atoms with Gasteiger partial charge in [-0.1, -0.05) is 36.4 Å². The second-order valence-electron chi connectivity index (χ2n) is 7.17. The van der Waals surface area contributed by atoms with Gasteiger partial charge in [0.1, 0.15) is 11.5 Å². The molecule has 2 aromatic carbocycles. The number of carbonyl (C=O) groups excluding carboxylic acids is 1. The van der Waals surface area contributed by atoms with E-state index in [9.17, 15) is 4.79 Å². The van der Waals surface area contributed by atoms with Crippen LogP contribution in [0.25, 0.3) is 23.2 Å². The highest BCUT2D eigenvalue weighted by Gasteiger charge is 2.23. The van der Waals surface area contributed by atoms with E-state index in [4.69, 9.17) is 13.9 Å². The first-order valence-corrected chi connectivity index (χ1v) is 9.92. The molecule has 0 saturated heterocycles. The van der Waals surface area contributed by atoms with Crippen molar-refractivity contribution in [1.82, 2.24) is 25.1 Å². The van der Waals surface area contributed by atoms with Crippen LogP contribution < -0.4 is 9.47 Å². The van der Waals surface area contributed by atoms with E-state index in [0.717, 1.165) is 11.1 Å². The van der Waals surface area contributed by atoms with Crippen LogP contribution in [0.3, 0.4) is 0 Å². The van der Waals surface area contributed by atoms with Gasteiger partial charge < -0.3 is 18.8 Å². The molecule has 0 fully saturated rings. The number of hydrogen-bond acceptors (Lipinski definition) is 7. The Hall–Kier alpha value is -4.40. The fourth-order valence-electron chi connectivity index (χ4n) is 3.42. The van der Waals surface area contributed by atoms with E-state index in [0.29, 0.717) is 29.6 Å². The first-order chi connectivity index (χ1) is 15.7. The number of aromatic nitrogens is 4. The van der Waals surface area contributed by atoms with Crippen molar-refractivity contribution in [3.05, 3.63) is 78.3 Å². The van der Waals surface area contributed by atoms with Gasteiger partial charge in [0.05, 0.1) is 6.26 Å². The molecule has 1 aliphatic heterocycles. The van der Waals surface area contributed by atoms with Crippen molar-refractivity contribution in [2.45, 2.75) is 6.54 Å². The third-order valence-electron chi connectivity index (χ3n) is 4.97. The Morgan fingerprint density at radius 2 is 1.94 bits per heavy atom. The smallest absolute Gasteiger partial charge is 0.272 e. The number of furan rings is 1. The van der Waals surface area contributed by atoms with E-state index in [2.05, 4.69) is 15.5 Å². The predicted octanol–water partition coefficient (Wildman–Crippen LogP) is 3.32. The average Bonchev–Trinajstić information content (AvgIpc) is 3.59. The number of likely N-dealkylation sites (N-methyl/N-ethyl adjacent to an activating group) is 1. The van der Waals surface area contributed by atoms with Crippen molar-refractivity contribution in [3.63, 3.8) is 0 Å². The third-order valence-corrected chi connectivity index (χ3v) is 4.97. The molecule has 5 rings (SSSR count). The molecule has 0 unspecified atom stereocenters. The van der Waals surface area contributed by atoms with E-state index in [1.54, 1.807) is 36.4 Å². The molecular formula is C23H19N5O4.